The molecule has 114 valence electrons. The summed E-state index contributed by atoms with van der Waals surface area (Å²) in [6.45, 7) is 9.97. The van der Waals surface area contributed by atoms with Crippen molar-refractivity contribution in [3.8, 4) is 0 Å². The minimum Gasteiger partial charge on any atom is -0.313 e. The molecule has 0 aromatic rings. The Balaban J connectivity index is 1.42. The second-order valence-corrected chi connectivity index (χ2v) is 7.74. The number of likely N-dealkylation sites (N-methyl/N-ethyl adjacent to an activating group) is 1. The van der Waals surface area contributed by atoms with Crippen LogP contribution in [-0.4, -0.2) is 61.2 Å². The van der Waals surface area contributed by atoms with Crippen LogP contribution in [0.3, 0.4) is 0 Å². The molecule has 5 fully saturated rings. The van der Waals surface area contributed by atoms with Crippen molar-refractivity contribution >= 4 is 0 Å². The molecular weight excluding hydrogens is 246 g/mol. The molecule has 3 aliphatic heterocycles. The van der Waals surface area contributed by atoms with Gasteiger partial charge in [0.25, 0.3) is 0 Å². The lowest BCUT2D eigenvalue weighted by Gasteiger charge is -2.51. The molecule has 1 N–H and O–H groups in total. The van der Waals surface area contributed by atoms with Gasteiger partial charge < -0.3 is 5.32 Å². The number of hydrogen-bond acceptors (Lipinski definition) is 3. The minimum absolute atomic E-state index is 0.743. The first-order valence-corrected chi connectivity index (χ1v) is 9.03. The van der Waals surface area contributed by atoms with Gasteiger partial charge in [-0.3, -0.25) is 9.80 Å². The van der Waals surface area contributed by atoms with Crippen LogP contribution in [0.25, 0.3) is 0 Å². The van der Waals surface area contributed by atoms with E-state index in [0.29, 0.717) is 0 Å². The van der Waals surface area contributed by atoms with Gasteiger partial charge in [0.15, 0.2) is 0 Å². The number of fused-ring (bicyclic) bond motifs is 5. The summed E-state index contributed by atoms with van der Waals surface area (Å²) in [6, 6.07) is 1.53. The molecule has 0 radical (unpaired) electrons. The van der Waals surface area contributed by atoms with E-state index in [1.807, 2.05) is 0 Å². The Morgan fingerprint density at radius 1 is 1.10 bits per heavy atom. The minimum atomic E-state index is 0.743. The topological polar surface area (TPSA) is 18.5 Å². The van der Waals surface area contributed by atoms with Gasteiger partial charge >= 0.3 is 0 Å². The number of rotatable bonds is 5. The van der Waals surface area contributed by atoms with Crippen LogP contribution in [0.1, 0.15) is 39.0 Å². The molecule has 5 rings (SSSR count). The van der Waals surface area contributed by atoms with Crippen LogP contribution in [0.4, 0.5) is 0 Å². The summed E-state index contributed by atoms with van der Waals surface area (Å²) in [4.78, 5) is 5.47. The van der Waals surface area contributed by atoms with E-state index >= 15 is 0 Å². The third-order valence-electron chi connectivity index (χ3n) is 6.69. The van der Waals surface area contributed by atoms with E-state index in [4.69, 9.17) is 0 Å². The molecule has 5 atom stereocenters. The maximum atomic E-state index is 3.86. The predicted molar refractivity (Wildman–Crippen MR) is 82.8 cm³/mol. The first-order chi connectivity index (χ1) is 9.83. The number of piperazine rings is 3. The van der Waals surface area contributed by atoms with Crippen molar-refractivity contribution < 1.29 is 0 Å². The molecule has 3 saturated heterocycles. The van der Waals surface area contributed by atoms with E-state index in [1.54, 1.807) is 12.8 Å². The molecule has 5 aliphatic rings. The summed E-state index contributed by atoms with van der Waals surface area (Å²) in [7, 11) is 0. The summed E-state index contributed by atoms with van der Waals surface area (Å²) in [6.07, 6.45) is 7.63. The first-order valence-electron chi connectivity index (χ1n) is 9.03. The fourth-order valence-electron chi connectivity index (χ4n) is 5.67. The van der Waals surface area contributed by atoms with Gasteiger partial charge in [0.2, 0.25) is 0 Å². The predicted octanol–water partition coefficient (Wildman–Crippen LogP) is 1.79. The van der Waals surface area contributed by atoms with Crippen LogP contribution in [0, 0.1) is 17.8 Å². The van der Waals surface area contributed by atoms with Crippen molar-refractivity contribution in [2.24, 2.45) is 17.8 Å². The van der Waals surface area contributed by atoms with Gasteiger partial charge in [0.05, 0.1) is 0 Å². The molecule has 0 aromatic carbocycles. The highest BCUT2D eigenvalue weighted by molar-refractivity contribution is 4.98. The van der Waals surface area contributed by atoms with Crippen molar-refractivity contribution in [2.45, 2.75) is 51.1 Å². The van der Waals surface area contributed by atoms with E-state index < -0.39 is 0 Å². The molecule has 20 heavy (non-hydrogen) atoms. The lowest BCUT2D eigenvalue weighted by Crippen LogP contribution is -2.66. The normalized spacial score (nSPS) is 47.9. The van der Waals surface area contributed by atoms with Crippen molar-refractivity contribution in [3.05, 3.63) is 0 Å². The van der Waals surface area contributed by atoms with Gasteiger partial charge in [-0.1, -0.05) is 13.3 Å². The third-order valence-corrected chi connectivity index (χ3v) is 6.69. The van der Waals surface area contributed by atoms with Gasteiger partial charge in [0, 0.05) is 44.8 Å². The SMILES string of the molecule is CCNC(CC1CC2CCC1C2)C1CN2CCN1CC2. The van der Waals surface area contributed by atoms with Crippen molar-refractivity contribution in [3.63, 3.8) is 0 Å². The summed E-state index contributed by atoms with van der Waals surface area (Å²) >= 11 is 0. The zero-order valence-corrected chi connectivity index (χ0v) is 13.1. The Bertz CT molecular complexity index is 337. The fourth-order valence-corrected chi connectivity index (χ4v) is 5.67. The molecule has 2 aliphatic carbocycles. The second-order valence-electron chi connectivity index (χ2n) is 7.74. The maximum Gasteiger partial charge on any atom is 0.0377 e. The van der Waals surface area contributed by atoms with Crippen LogP contribution >= 0.6 is 0 Å². The molecule has 0 amide bonds. The Morgan fingerprint density at radius 2 is 1.95 bits per heavy atom. The number of nitrogens with zero attached hydrogens (tertiary/aromatic N) is 2. The lowest BCUT2D eigenvalue weighted by atomic mass is 9.81. The Labute approximate surface area is 124 Å². The largest absolute Gasteiger partial charge is 0.313 e. The number of hydrogen-bond donors (Lipinski definition) is 1. The average Bonchev–Trinajstić information content (AvgIpc) is 3.10. The van der Waals surface area contributed by atoms with Crippen LogP contribution in [0.2, 0.25) is 0 Å². The van der Waals surface area contributed by atoms with Crippen LogP contribution in [0.5, 0.6) is 0 Å². The molecule has 3 heterocycles. The van der Waals surface area contributed by atoms with Gasteiger partial charge in [-0.05, 0) is 50.0 Å². The number of nitrogens with one attached hydrogen (secondary N) is 1. The molecule has 0 aromatic heterocycles. The smallest absolute Gasteiger partial charge is 0.0377 e. The summed E-state index contributed by atoms with van der Waals surface area (Å²) in [5.41, 5.74) is 0. The van der Waals surface area contributed by atoms with Gasteiger partial charge in [-0.25, -0.2) is 0 Å². The van der Waals surface area contributed by atoms with Crippen molar-refractivity contribution in [1.29, 1.82) is 0 Å². The summed E-state index contributed by atoms with van der Waals surface area (Å²) in [5.74, 6) is 3.21. The van der Waals surface area contributed by atoms with E-state index in [1.165, 1.54) is 52.0 Å². The molecule has 3 nitrogen and oxygen atoms in total. The summed E-state index contributed by atoms with van der Waals surface area (Å²) < 4.78 is 0. The van der Waals surface area contributed by atoms with E-state index in [0.717, 1.165) is 36.4 Å². The first kappa shape index (κ1) is 13.5. The maximum absolute atomic E-state index is 3.86. The van der Waals surface area contributed by atoms with Crippen LogP contribution in [0.15, 0.2) is 0 Å². The molecule has 4 bridgehead atoms. The molecular formula is C17H31N3. The van der Waals surface area contributed by atoms with Gasteiger partial charge in [-0.2, -0.15) is 0 Å². The van der Waals surface area contributed by atoms with Crippen molar-refractivity contribution in [2.75, 3.05) is 39.3 Å². The fraction of sp³-hybridized carbons (Fsp3) is 1.00. The highest BCUT2D eigenvalue weighted by Crippen LogP contribution is 2.50. The Kier molecular flexibility index (Phi) is 3.78. The van der Waals surface area contributed by atoms with E-state index in [2.05, 4.69) is 22.0 Å². The molecule has 0 spiro atoms. The Hall–Kier alpha value is -0.120. The summed E-state index contributed by atoms with van der Waals surface area (Å²) in [5, 5.41) is 3.86. The average molecular weight is 277 g/mol. The van der Waals surface area contributed by atoms with E-state index in [9.17, 15) is 0 Å². The van der Waals surface area contributed by atoms with Gasteiger partial charge in [-0.15, -0.1) is 0 Å². The molecule has 5 unspecified atom stereocenters. The monoisotopic (exact) mass is 277 g/mol. The second kappa shape index (κ2) is 5.58. The zero-order valence-electron chi connectivity index (χ0n) is 13.1. The van der Waals surface area contributed by atoms with Gasteiger partial charge in [0.1, 0.15) is 0 Å². The third kappa shape index (κ3) is 2.42. The lowest BCUT2D eigenvalue weighted by molar-refractivity contribution is -0.00800. The Morgan fingerprint density at radius 3 is 2.50 bits per heavy atom. The molecule has 3 heteroatoms. The zero-order chi connectivity index (χ0) is 13.5. The van der Waals surface area contributed by atoms with Crippen LogP contribution < -0.4 is 5.32 Å². The quantitative estimate of drug-likeness (QED) is 0.826. The van der Waals surface area contributed by atoms with E-state index in [-0.39, 0.29) is 0 Å². The molecule has 2 saturated carbocycles. The van der Waals surface area contributed by atoms with Crippen molar-refractivity contribution in [1.82, 2.24) is 15.1 Å². The standard InChI is InChI=1S/C17H31N3/c1-2-18-16(11-15-10-13-3-4-14(15)9-13)17-12-19-5-7-20(17)8-6-19/h13-18H,2-12H2,1H3. The van der Waals surface area contributed by atoms with Crippen LogP contribution in [-0.2, 0) is 0 Å². The highest BCUT2D eigenvalue weighted by atomic mass is 15.4. The highest BCUT2D eigenvalue weighted by Gasteiger charge is 2.43.